The van der Waals surface area contributed by atoms with Crippen molar-refractivity contribution in [3.8, 4) is 0 Å². The first-order valence-electron chi connectivity index (χ1n) is 10.5. The summed E-state index contributed by atoms with van der Waals surface area (Å²) in [6, 6.07) is 7.15. The Morgan fingerprint density at radius 3 is 2.76 bits per heavy atom. The molecule has 3 aromatic rings. The first kappa shape index (κ1) is 23.4. The van der Waals surface area contributed by atoms with Gasteiger partial charge in [0.25, 0.3) is 0 Å². The van der Waals surface area contributed by atoms with Gasteiger partial charge in [-0.2, -0.15) is 0 Å². The number of carbonyl (C=O) groups is 2. The first-order valence-corrected chi connectivity index (χ1v) is 10.5. The van der Waals surface area contributed by atoms with Gasteiger partial charge in [-0.15, -0.1) is 0 Å². The van der Waals surface area contributed by atoms with Crippen LogP contribution >= 0.6 is 0 Å². The molecule has 0 aliphatic carbocycles. The molecular formula is C21H25N7O6. The lowest BCUT2D eigenvalue weighted by atomic mass is 10.1. The standard InChI is InChI=1S/C21H25N7O6/c1-11(26-21(32)33-8-12-5-3-2-4-6-12)19(31)27-14-13(7-29)34-20(16(14)30)28-10-25-15-17(22)23-9-24-18(15)28/h2-6,9-11,13-14,16,20,29-30H,7-8H2,1H3,(H,26,32)(H,27,31)(H2,22,23,24)/t11-,13-,14-,16+,20-/m0/s1. The molecule has 1 aliphatic rings. The number of imidazole rings is 1. The number of benzene rings is 1. The fourth-order valence-corrected chi connectivity index (χ4v) is 3.66. The molecule has 5 atom stereocenters. The molecule has 0 bridgehead atoms. The molecule has 34 heavy (non-hydrogen) atoms. The SMILES string of the molecule is C[C@H](NC(=O)OCc1ccccc1)C(=O)N[C@@H]1[C@@H](O)[C@@H](n2cnc3c(N)ncnc32)O[C@H]1CO. The third kappa shape index (κ3) is 4.76. The number of nitrogen functional groups attached to an aromatic ring is 1. The number of ether oxygens (including phenoxy) is 2. The Bertz CT molecular complexity index is 1160. The lowest BCUT2D eigenvalue weighted by Gasteiger charge is -2.23. The number of hydrogen-bond donors (Lipinski definition) is 5. The van der Waals surface area contributed by atoms with Crippen molar-refractivity contribution in [1.82, 2.24) is 30.2 Å². The number of rotatable bonds is 7. The van der Waals surface area contributed by atoms with Gasteiger partial charge in [0, 0.05) is 0 Å². The number of nitrogens with zero attached hydrogens (tertiary/aromatic N) is 4. The summed E-state index contributed by atoms with van der Waals surface area (Å²) in [5, 5.41) is 25.7. The van der Waals surface area contributed by atoms with Gasteiger partial charge in [0.15, 0.2) is 17.7 Å². The van der Waals surface area contributed by atoms with Gasteiger partial charge >= 0.3 is 6.09 Å². The molecular weight excluding hydrogens is 446 g/mol. The maximum atomic E-state index is 12.7. The molecule has 180 valence electrons. The van der Waals surface area contributed by atoms with Crippen LogP contribution in [0.25, 0.3) is 11.2 Å². The summed E-state index contributed by atoms with van der Waals surface area (Å²) < 4.78 is 12.3. The van der Waals surface area contributed by atoms with E-state index in [1.54, 1.807) is 12.1 Å². The minimum atomic E-state index is -1.26. The van der Waals surface area contributed by atoms with Gasteiger partial charge in [0.2, 0.25) is 5.91 Å². The molecule has 0 radical (unpaired) electrons. The van der Waals surface area contributed by atoms with Crippen molar-refractivity contribution in [3.05, 3.63) is 48.5 Å². The molecule has 13 nitrogen and oxygen atoms in total. The summed E-state index contributed by atoms with van der Waals surface area (Å²) in [5.41, 5.74) is 7.27. The minimum absolute atomic E-state index is 0.0530. The van der Waals surface area contributed by atoms with Crippen molar-refractivity contribution in [3.63, 3.8) is 0 Å². The predicted octanol–water partition coefficient (Wildman–Crippen LogP) is -0.541. The van der Waals surface area contributed by atoms with Crippen molar-refractivity contribution >= 4 is 29.0 Å². The second-order valence-corrected chi connectivity index (χ2v) is 7.78. The third-order valence-corrected chi connectivity index (χ3v) is 5.47. The molecule has 2 amide bonds. The minimum Gasteiger partial charge on any atom is -0.445 e. The van der Waals surface area contributed by atoms with E-state index in [0.29, 0.717) is 11.2 Å². The fourth-order valence-electron chi connectivity index (χ4n) is 3.66. The average molecular weight is 471 g/mol. The number of nitrogens with two attached hydrogens (primary N) is 1. The number of aromatic nitrogens is 4. The number of alkyl carbamates (subject to hydrolysis) is 1. The van der Waals surface area contributed by atoms with Crippen molar-refractivity contribution in [2.24, 2.45) is 0 Å². The second kappa shape index (κ2) is 9.99. The Kier molecular flexibility index (Phi) is 6.86. The van der Waals surface area contributed by atoms with Gasteiger partial charge in [0.1, 0.15) is 36.7 Å². The number of aliphatic hydroxyl groups is 2. The summed E-state index contributed by atoms with van der Waals surface area (Å²) in [6.07, 6.45) is -1.31. The molecule has 1 aromatic carbocycles. The molecule has 0 spiro atoms. The molecule has 1 fully saturated rings. The molecule has 6 N–H and O–H groups in total. The Morgan fingerprint density at radius 2 is 2.03 bits per heavy atom. The van der Waals surface area contributed by atoms with E-state index in [0.717, 1.165) is 5.56 Å². The number of amides is 2. The Hall–Kier alpha value is -3.81. The van der Waals surface area contributed by atoms with Crippen LogP contribution in [0, 0.1) is 0 Å². The summed E-state index contributed by atoms with van der Waals surface area (Å²) in [6.45, 7) is 1.05. The number of fused-ring (bicyclic) bond motifs is 1. The maximum absolute atomic E-state index is 12.7. The van der Waals surface area contributed by atoms with E-state index in [9.17, 15) is 19.8 Å². The number of aliphatic hydroxyl groups excluding tert-OH is 2. The van der Waals surface area contributed by atoms with Gasteiger partial charge < -0.3 is 36.1 Å². The smallest absolute Gasteiger partial charge is 0.408 e. The van der Waals surface area contributed by atoms with Crippen LogP contribution in [0.15, 0.2) is 43.0 Å². The lowest BCUT2D eigenvalue weighted by molar-refractivity contribution is -0.124. The van der Waals surface area contributed by atoms with Crippen LogP contribution in [-0.4, -0.2) is 72.6 Å². The number of carbonyl (C=O) groups excluding carboxylic acids is 2. The Labute approximate surface area is 193 Å². The van der Waals surface area contributed by atoms with Crippen LogP contribution in [-0.2, 0) is 20.9 Å². The molecule has 13 heteroatoms. The highest BCUT2D eigenvalue weighted by Gasteiger charge is 2.46. The van der Waals surface area contributed by atoms with E-state index >= 15 is 0 Å². The highest BCUT2D eigenvalue weighted by Crippen LogP contribution is 2.31. The highest BCUT2D eigenvalue weighted by atomic mass is 16.6. The second-order valence-electron chi connectivity index (χ2n) is 7.78. The van der Waals surface area contributed by atoms with Crippen LogP contribution < -0.4 is 16.4 Å². The zero-order valence-corrected chi connectivity index (χ0v) is 18.2. The number of anilines is 1. The fraction of sp³-hybridized carbons (Fsp3) is 0.381. The molecule has 4 rings (SSSR count). The van der Waals surface area contributed by atoms with Crippen molar-refractivity contribution in [2.45, 2.75) is 44.1 Å². The zero-order chi connectivity index (χ0) is 24.2. The van der Waals surface area contributed by atoms with E-state index in [2.05, 4.69) is 25.6 Å². The van der Waals surface area contributed by atoms with Crippen LogP contribution in [0.4, 0.5) is 10.6 Å². The maximum Gasteiger partial charge on any atom is 0.408 e. The highest BCUT2D eigenvalue weighted by molar-refractivity contribution is 5.85. The molecule has 0 saturated carbocycles. The number of hydrogen-bond acceptors (Lipinski definition) is 10. The lowest BCUT2D eigenvalue weighted by Crippen LogP contribution is -2.54. The van der Waals surface area contributed by atoms with Crippen LogP contribution in [0.1, 0.15) is 18.7 Å². The summed E-state index contributed by atoms with van der Waals surface area (Å²) in [4.78, 5) is 36.9. The van der Waals surface area contributed by atoms with Crippen LogP contribution in [0.2, 0.25) is 0 Å². The van der Waals surface area contributed by atoms with Crippen molar-refractivity contribution in [2.75, 3.05) is 12.3 Å². The van der Waals surface area contributed by atoms with E-state index in [-0.39, 0.29) is 12.4 Å². The van der Waals surface area contributed by atoms with E-state index < -0.39 is 49.1 Å². The van der Waals surface area contributed by atoms with Crippen LogP contribution in [0.5, 0.6) is 0 Å². The molecule has 1 aliphatic heterocycles. The topological polar surface area (TPSA) is 187 Å². The molecule has 2 aromatic heterocycles. The zero-order valence-electron chi connectivity index (χ0n) is 18.2. The molecule has 0 unspecified atom stereocenters. The summed E-state index contributed by atoms with van der Waals surface area (Å²) in [7, 11) is 0. The average Bonchev–Trinajstić information content (AvgIpc) is 3.40. The van der Waals surface area contributed by atoms with E-state index in [1.807, 2.05) is 18.2 Å². The van der Waals surface area contributed by atoms with Crippen LogP contribution in [0.3, 0.4) is 0 Å². The largest absolute Gasteiger partial charge is 0.445 e. The monoisotopic (exact) mass is 471 g/mol. The molecule has 1 saturated heterocycles. The van der Waals surface area contributed by atoms with Crippen molar-refractivity contribution in [1.29, 1.82) is 0 Å². The van der Waals surface area contributed by atoms with Gasteiger partial charge in [-0.05, 0) is 12.5 Å². The van der Waals surface area contributed by atoms with Gasteiger partial charge in [-0.1, -0.05) is 30.3 Å². The van der Waals surface area contributed by atoms with E-state index in [1.165, 1.54) is 24.1 Å². The molecule has 3 heterocycles. The normalized spacial score (nSPS) is 22.9. The van der Waals surface area contributed by atoms with Gasteiger partial charge in [-0.25, -0.2) is 19.7 Å². The predicted molar refractivity (Wildman–Crippen MR) is 118 cm³/mol. The quantitative estimate of drug-likeness (QED) is 0.299. The van der Waals surface area contributed by atoms with E-state index in [4.69, 9.17) is 15.2 Å². The Balaban J connectivity index is 1.38. The van der Waals surface area contributed by atoms with Crippen molar-refractivity contribution < 1.29 is 29.3 Å². The summed E-state index contributed by atoms with van der Waals surface area (Å²) >= 11 is 0. The van der Waals surface area contributed by atoms with Gasteiger partial charge in [-0.3, -0.25) is 9.36 Å². The number of nitrogens with one attached hydrogen (secondary N) is 2. The third-order valence-electron chi connectivity index (χ3n) is 5.47. The van der Waals surface area contributed by atoms with Gasteiger partial charge in [0.05, 0.1) is 19.0 Å². The Morgan fingerprint density at radius 1 is 1.26 bits per heavy atom. The summed E-state index contributed by atoms with van der Waals surface area (Å²) in [5.74, 6) is -0.427. The first-order chi connectivity index (χ1) is 16.4.